The van der Waals surface area contributed by atoms with E-state index in [1.54, 1.807) is 5.56 Å². The van der Waals surface area contributed by atoms with Crippen molar-refractivity contribution in [3.8, 4) is 0 Å². The molecule has 1 aromatic heterocycles. The van der Waals surface area contributed by atoms with E-state index in [1.807, 2.05) is 11.3 Å². The zero-order valence-electron chi connectivity index (χ0n) is 11.2. The van der Waals surface area contributed by atoms with Crippen LogP contribution in [0.25, 0.3) is 0 Å². The van der Waals surface area contributed by atoms with Crippen molar-refractivity contribution in [1.29, 1.82) is 0 Å². The quantitative estimate of drug-likeness (QED) is 0.809. The van der Waals surface area contributed by atoms with Gasteiger partial charge in [0.2, 0.25) is 0 Å². The monoisotopic (exact) mass is 263 g/mol. The Balaban J connectivity index is 1.47. The van der Waals surface area contributed by atoms with Gasteiger partial charge in [-0.2, -0.15) is 11.3 Å². The van der Waals surface area contributed by atoms with Gasteiger partial charge in [-0.15, -0.1) is 0 Å². The van der Waals surface area contributed by atoms with Gasteiger partial charge in [0.1, 0.15) is 0 Å². The van der Waals surface area contributed by atoms with Gasteiger partial charge in [0.05, 0.1) is 0 Å². The molecular weight excluding hydrogens is 238 g/mol. The average molecular weight is 263 g/mol. The summed E-state index contributed by atoms with van der Waals surface area (Å²) in [5.74, 6) is 1.93. The van der Waals surface area contributed by atoms with Crippen LogP contribution in [0.15, 0.2) is 16.8 Å². The summed E-state index contributed by atoms with van der Waals surface area (Å²) in [7, 11) is 0. The largest absolute Gasteiger partial charge is 0.314 e. The maximum Gasteiger partial charge on any atom is 0.00683 e. The van der Waals surface area contributed by atoms with E-state index in [1.165, 1.54) is 57.9 Å². The van der Waals surface area contributed by atoms with E-state index in [2.05, 4.69) is 22.1 Å². The molecule has 0 spiro atoms. The van der Waals surface area contributed by atoms with E-state index >= 15 is 0 Å². The number of hydrogen-bond donors (Lipinski definition) is 1. The van der Waals surface area contributed by atoms with E-state index < -0.39 is 0 Å². The van der Waals surface area contributed by atoms with Gasteiger partial charge in [-0.3, -0.25) is 0 Å². The van der Waals surface area contributed by atoms with Gasteiger partial charge in [0.15, 0.2) is 0 Å². The lowest BCUT2D eigenvalue weighted by Gasteiger charge is -2.32. The Labute approximate surface area is 115 Å². The molecule has 0 bridgehead atoms. The minimum absolute atomic E-state index is 0.879. The van der Waals surface area contributed by atoms with Crippen LogP contribution in [0, 0.1) is 11.8 Å². The van der Waals surface area contributed by atoms with Gasteiger partial charge in [0, 0.05) is 6.04 Å². The van der Waals surface area contributed by atoms with Crippen molar-refractivity contribution in [2.75, 3.05) is 6.54 Å². The molecule has 1 heterocycles. The molecule has 2 saturated carbocycles. The van der Waals surface area contributed by atoms with Crippen molar-refractivity contribution in [3.05, 3.63) is 22.4 Å². The molecule has 3 rings (SSSR count). The Hall–Kier alpha value is -0.340. The predicted molar refractivity (Wildman–Crippen MR) is 79.1 cm³/mol. The molecule has 2 aliphatic carbocycles. The summed E-state index contributed by atoms with van der Waals surface area (Å²) < 4.78 is 0. The minimum Gasteiger partial charge on any atom is -0.314 e. The van der Waals surface area contributed by atoms with E-state index in [0.717, 1.165) is 17.9 Å². The molecule has 1 N–H and O–H groups in total. The van der Waals surface area contributed by atoms with Gasteiger partial charge < -0.3 is 5.32 Å². The SMILES string of the molecule is c1cc(CCC2CCCCC2CNC2CC2)cs1. The lowest BCUT2D eigenvalue weighted by molar-refractivity contribution is 0.217. The highest BCUT2D eigenvalue weighted by Crippen LogP contribution is 2.33. The second kappa shape index (κ2) is 6.21. The van der Waals surface area contributed by atoms with Crippen molar-refractivity contribution >= 4 is 11.3 Å². The first-order valence-corrected chi connectivity index (χ1v) is 8.60. The minimum atomic E-state index is 0.879. The van der Waals surface area contributed by atoms with Crippen molar-refractivity contribution in [2.24, 2.45) is 11.8 Å². The number of nitrogens with one attached hydrogen (secondary N) is 1. The Morgan fingerprint density at radius 1 is 1.11 bits per heavy atom. The molecule has 1 nitrogen and oxygen atoms in total. The first-order valence-electron chi connectivity index (χ1n) is 7.66. The summed E-state index contributed by atoms with van der Waals surface area (Å²) in [6.45, 7) is 1.29. The summed E-state index contributed by atoms with van der Waals surface area (Å²) in [4.78, 5) is 0. The van der Waals surface area contributed by atoms with Crippen LogP contribution in [-0.4, -0.2) is 12.6 Å². The van der Waals surface area contributed by atoms with Crippen LogP contribution in [0.5, 0.6) is 0 Å². The van der Waals surface area contributed by atoms with E-state index in [4.69, 9.17) is 0 Å². The molecule has 2 fully saturated rings. The molecule has 18 heavy (non-hydrogen) atoms. The lowest BCUT2D eigenvalue weighted by Crippen LogP contribution is -2.32. The number of rotatable bonds is 6. The van der Waals surface area contributed by atoms with Crippen LogP contribution in [-0.2, 0) is 6.42 Å². The van der Waals surface area contributed by atoms with E-state index in [0.29, 0.717) is 0 Å². The second-order valence-electron chi connectivity index (χ2n) is 6.16. The van der Waals surface area contributed by atoms with Crippen molar-refractivity contribution < 1.29 is 0 Å². The van der Waals surface area contributed by atoms with Gasteiger partial charge >= 0.3 is 0 Å². The van der Waals surface area contributed by atoms with Crippen LogP contribution < -0.4 is 5.32 Å². The van der Waals surface area contributed by atoms with E-state index in [-0.39, 0.29) is 0 Å². The Kier molecular flexibility index (Phi) is 4.37. The first kappa shape index (κ1) is 12.7. The number of hydrogen-bond acceptors (Lipinski definition) is 2. The number of thiophene rings is 1. The standard InChI is InChI=1S/C16H25NS/c1-2-4-15(11-17-16-7-8-16)14(3-1)6-5-13-9-10-18-12-13/h9-10,12,14-17H,1-8,11H2. The summed E-state index contributed by atoms with van der Waals surface area (Å²) in [6.07, 6.45) is 11.4. The highest BCUT2D eigenvalue weighted by atomic mass is 32.1. The van der Waals surface area contributed by atoms with Gasteiger partial charge in [-0.25, -0.2) is 0 Å². The molecule has 2 atom stereocenters. The van der Waals surface area contributed by atoms with E-state index in [9.17, 15) is 0 Å². The van der Waals surface area contributed by atoms with Gasteiger partial charge in [-0.1, -0.05) is 19.3 Å². The lowest BCUT2D eigenvalue weighted by atomic mass is 9.76. The summed E-state index contributed by atoms with van der Waals surface area (Å²) in [5.41, 5.74) is 1.56. The van der Waals surface area contributed by atoms with Crippen LogP contribution in [0.1, 0.15) is 50.5 Å². The van der Waals surface area contributed by atoms with Crippen LogP contribution in [0.4, 0.5) is 0 Å². The molecule has 2 unspecified atom stereocenters. The summed E-state index contributed by atoms with van der Waals surface area (Å²) in [5, 5.41) is 8.28. The highest BCUT2D eigenvalue weighted by Gasteiger charge is 2.27. The van der Waals surface area contributed by atoms with Crippen molar-refractivity contribution in [1.82, 2.24) is 5.32 Å². The first-order chi connectivity index (χ1) is 8.92. The molecule has 0 amide bonds. The van der Waals surface area contributed by atoms with Gasteiger partial charge in [0.25, 0.3) is 0 Å². The van der Waals surface area contributed by atoms with Crippen LogP contribution in [0.3, 0.4) is 0 Å². The number of aryl methyl sites for hydroxylation is 1. The molecule has 0 aliphatic heterocycles. The fourth-order valence-electron chi connectivity index (χ4n) is 3.33. The summed E-state index contributed by atoms with van der Waals surface area (Å²) in [6, 6.07) is 3.18. The molecule has 0 radical (unpaired) electrons. The zero-order chi connectivity index (χ0) is 12.2. The normalized spacial score (nSPS) is 28.4. The Morgan fingerprint density at radius 3 is 2.67 bits per heavy atom. The Bertz CT molecular complexity index is 342. The summed E-state index contributed by atoms with van der Waals surface area (Å²) >= 11 is 1.84. The molecule has 2 heteroatoms. The third-order valence-electron chi connectivity index (χ3n) is 4.70. The zero-order valence-corrected chi connectivity index (χ0v) is 12.1. The maximum absolute atomic E-state index is 3.75. The molecule has 0 aromatic carbocycles. The van der Waals surface area contributed by atoms with Crippen molar-refractivity contribution in [3.63, 3.8) is 0 Å². The fourth-order valence-corrected chi connectivity index (χ4v) is 4.03. The maximum atomic E-state index is 3.75. The predicted octanol–water partition coefficient (Wildman–Crippen LogP) is 4.24. The fraction of sp³-hybridized carbons (Fsp3) is 0.750. The third kappa shape index (κ3) is 3.58. The molecule has 2 aliphatic rings. The molecule has 0 saturated heterocycles. The third-order valence-corrected chi connectivity index (χ3v) is 5.43. The highest BCUT2D eigenvalue weighted by molar-refractivity contribution is 7.07. The molecule has 100 valence electrons. The van der Waals surface area contributed by atoms with Gasteiger partial charge in [-0.05, 0) is 72.9 Å². The average Bonchev–Trinajstić information content (AvgIpc) is 3.09. The van der Waals surface area contributed by atoms with Crippen LogP contribution >= 0.6 is 11.3 Å². The van der Waals surface area contributed by atoms with Crippen molar-refractivity contribution in [2.45, 2.75) is 57.4 Å². The molecular formula is C16H25NS. The van der Waals surface area contributed by atoms with Crippen LogP contribution in [0.2, 0.25) is 0 Å². The molecule has 1 aromatic rings. The second-order valence-corrected chi connectivity index (χ2v) is 6.94. The topological polar surface area (TPSA) is 12.0 Å². The Morgan fingerprint density at radius 2 is 1.94 bits per heavy atom. The smallest absolute Gasteiger partial charge is 0.00683 e.